The van der Waals surface area contributed by atoms with Gasteiger partial charge in [-0.15, -0.1) is 0 Å². The van der Waals surface area contributed by atoms with E-state index in [4.69, 9.17) is 9.15 Å². The first-order valence-corrected chi connectivity index (χ1v) is 7.98. The summed E-state index contributed by atoms with van der Waals surface area (Å²) in [6.45, 7) is 2.26. The number of hydrogen-bond acceptors (Lipinski definition) is 3. The van der Waals surface area contributed by atoms with Crippen LogP contribution in [0.3, 0.4) is 0 Å². The largest absolute Gasteiger partial charge is 0.496 e. The van der Waals surface area contributed by atoms with E-state index >= 15 is 0 Å². The fourth-order valence-corrected chi connectivity index (χ4v) is 2.88. The van der Waals surface area contributed by atoms with E-state index in [1.54, 1.807) is 7.11 Å². The van der Waals surface area contributed by atoms with Crippen molar-refractivity contribution in [2.75, 3.05) is 7.11 Å². The zero-order valence-corrected chi connectivity index (χ0v) is 14.4. The fraction of sp³-hybridized carbons (Fsp3) is 0.167. The molecule has 0 atom stereocenters. The Morgan fingerprint density at radius 1 is 1.26 bits per heavy atom. The normalized spacial score (nSPS) is 10.7. The number of methoxy groups -OCH3 is 1. The van der Waals surface area contributed by atoms with Crippen LogP contribution < -0.4 is 10.1 Å². The van der Waals surface area contributed by atoms with E-state index < -0.39 is 0 Å². The average molecular weight is 374 g/mol. The summed E-state index contributed by atoms with van der Waals surface area (Å²) in [6.07, 6.45) is 0. The molecule has 0 bridgehead atoms. The fourth-order valence-electron chi connectivity index (χ4n) is 2.51. The molecule has 0 aliphatic heterocycles. The number of benzene rings is 2. The van der Waals surface area contributed by atoms with Crippen molar-refractivity contribution >= 4 is 32.8 Å². The Hall–Kier alpha value is -2.27. The number of para-hydroxylation sites is 1. The van der Waals surface area contributed by atoms with Gasteiger partial charge in [0.2, 0.25) is 0 Å². The van der Waals surface area contributed by atoms with Crippen molar-refractivity contribution in [2.45, 2.75) is 13.5 Å². The molecule has 4 nitrogen and oxygen atoms in total. The van der Waals surface area contributed by atoms with Crippen molar-refractivity contribution in [2.24, 2.45) is 0 Å². The molecule has 0 aliphatic carbocycles. The Bertz CT molecular complexity index is 870. The lowest BCUT2D eigenvalue weighted by Gasteiger charge is -2.08. The number of fused-ring (bicyclic) bond motifs is 1. The van der Waals surface area contributed by atoms with Gasteiger partial charge in [0.05, 0.1) is 7.11 Å². The predicted octanol–water partition coefficient (Wildman–Crippen LogP) is 4.44. The van der Waals surface area contributed by atoms with Crippen molar-refractivity contribution in [1.29, 1.82) is 0 Å². The number of ether oxygens (including phenoxy) is 1. The molecule has 3 aromatic rings. The topological polar surface area (TPSA) is 51.5 Å². The molecule has 1 amide bonds. The molecule has 0 radical (unpaired) electrons. The highest BCUT2D eigenvalue weighted by Crippen LogP contribution is 2.28. The summed E-state index contributed by atoms with van der Waals surface area (Å²) in [4.78, 5) is 12.4. The van der Waals surface area contributed by atoms with Gasteiger partial charge in [-0.25, -0.2) is 0 Å². The van der Waals surface area contributed by atoms with Crippen molar-refractivity contribution in [1.82, 2.24) is 5.32 Å². The van der Waals surface area contributed by atoms with E-state index in [1.807, 2.05) is 49.4 Å². The van der Waals surface area contributed by atoms with Gasteiger partial charge in [-0.2, -0.15) is 0 Å². The minimum absolute atomic E-state index is 0.235. The van der Waals surface area contributed by atoms with Gasteiger partial charge < -0.3 is 14.5 Å². The molecule has 0 saturated heterocycles. The number of nitrogens with one attached hydrogen (secondary N) is 1. The number of furan rings is 1. The number of carbonyl (C=O) groups is 1. The molecular weight excluding hydrogens is 358 g/mol. The Morgan fingerprint density at radius 2 is 2.04 bits per heavy atom. The predicted molar refractivity (Wildman–Crippen MR) is 92.8 cm³/mol. The van der Waals surface area contributed by atoms with E-state index in [0.29, 0.717) is 17.9 Å². The summed E-state index contributed by atoms with van der Waals surface area (Å²) in [6, 6.07) is 13.3. The molecule has 5 heteroatoms. The molecule has 118 valence electrons. The monoisotopic (exact) mass is 373 g/mol. The van der Waals surface area contributed by atoms with Crippen LogP contribution >= 0.6 is 15.9 Å². The third-order valence-electron chi connectivity index (χ3n) is 3.74. The van der Waals surface area contributed by atoms with Crippen LogP contribution in [0, 0.1) is 6.92 Å². The first-order chi connectivity index (χ1) is 11.1. The zero-order chi connectivity index (χ0) is 16.4. The van der Waals surface area contributed by atoms with Gasteiger partial charge in [-0.3, -0.25) is 4.79 Å². The lowest BCUT2D eigenvalue weighted by molar-refractivity contribution is 0.0924. The summed E-state index contributed by atoms with van der Waals surface area (Å²) >= 11 is 3.43. The van der Waals surface area contributed by atoms with Crippen molar-refractivity contribution < 1.29 is 13.9 Å². The van der Waals surface area contributed by atoms with Gasteiger partial charge in [-0.05, 0) is 31.2 Å². The van der Waals surface area contributed by atoms with Crippen LogP contribution in [0.4, 0.5) is 0 Å². The molecule has 0 saturated carbocycles. The second kappa shape index (κ2) is 6.46. The van der Waals surface area contributed by atoms with E-state index in [2.05, 4.69) is 21.2 Å². The highest BCUT2D eigenvalue weighted by atomic mass is 79.9. The van der Waals surface area contributed by atoms with E-state index in [9.17, 15) is 4.79 Å². The van der Waals surface area contributed by atoms with Crippen LogP contribution in [-0.4, -0.2) is 13.0 Å². The van der Waals surface area contributed by atoms with E-state index in [0.717, 1.165) is 26.7 Å². The van der Waals surface area contributed by atoms with Crippen LogP contribution in [0.2, 0.25) is 0 Å². The maximum absolute atomic E-state index is 12.4. The number of carbonyl (C=O) groups excluding carboxylic acids is 1. The summed E-state index contributed by atoms with van der Waals surface area (Å²) < 4.78 is 11.9. The van der Waals surface area contributed by atoms with Gasteiger partial charge in [0.15, 0.2) is 5.76 Å². The number of halogens is 1. The van der Waals surface area contributed by atoms with Gasteiger partial charge in [-0.1, -0.05) is 34.1 Å². The molecule has 1 N–H and O–H groups in total. The molecule has 0 unspecified atom stereocenters. The lowest BCUT2D eigenvalue weighted by atomic mass is 10.1. The molecule has 0 spiro atoms. The standard InChI is InChI=1S/C18H16BrNO3/c1-11-14-9-13(19)7-8-16(14)23-17(11)18(21)20-10-12-5-3-4-6-15(12)22-2/h3-9H,10H2,1-2H3,(H,20,21). The van der Waals surface area contributed by atoms with Crippen LogP contribution in [0.1, 0.15) is 21.7 Å². The number of hydrogen-bond donors (Lipinski definition) is 1. The molecule has 23 heavy (non-hydrogen) atoms. The molecular formula is C18H16BrNO3. The lowest BCUT2D eigenvalue weighted by Crippen LogP contribution is -2.23. The van der Waals surface area contributed by atoms with Crippen LogP contribution in [-0.2, 0) is 6.54 Å². The first kappa shape index (κ1) is 15.6. The van der Waals surface area contributed by atoms with Crippen molar-refractivity contribution in [3.8, 4) is 5.75 Å². The third kappa shape index (κ3) is 3.10. The van der Waals surface area contributed by atoms with Crippen LogP contribution in [0.5, 0.6) is 5.75 Å². The molecule has 0 aliphatic rings. The van der Waals surface area contributed by atoms with E-state index in [1.165, 1.54) is 0 Å². The Balaban J connectivity index is 1.82. The summed E-state index contributed by atoms with van der Waals surface area (Å²) in [5.74, 6) is 0.854. The highest BCUT2D eigenvalue weighted by Gasteiger charge is 2.18. The Morgan fingerprint density at radius 3 is 2.83 bits per heavy atom. The number of aryl methyl sites for hydroxylation is 1. The first-order valence-electron chi connectivity index (χ1n) is 7.19. The average Bonchev–Trinajstić information content (AvgIpc) is 2.89. The number of amides is 1. The van der Waals surface area contributed by atoms with Gasteiger partial charge >= 0.3 is 0 Å². The second-order valence-electron chi connectivity index (χ2n) is 5.19. The summed E-state index contributed by atoms with van der Waals surface area (Å²) in [7, 11) is 1.61. The Labute approximate surface area is 142 Å². The SMILES string of the molecule is COc1ccccc1CNC(=O)c1oc2ccc(Br)cc2c1C. The number of rotatable bonds is 4. The maximum atomic E-state index is 12.4. The zero-order valence-electron chi connectivity index (χ0n) is 12.9. The third-order valence-corrected chi connectivity index (χ3v) is 4.23. The minimum Gasteiger partial charge on any atom is -0.496 e. The van der Waals surface area contributed by atoms with Crippen molar-refractivity contribution in [3.63, 3.8) is 0 Å². The molecule has 1 aromatic heterocycles. The molecule has 1 heterocycles. The van der Waals surface area contributed by atoms with Gasteiger partial charge in [0.25, 0.3) is 5.91 Å². The quantitative estimate of drug-likeness (QED) is 0.735. The molecule has 2 aromatic carbocycles. The maximum Gasteiger partial charge on any atom is 0.287 e. The van der Waals surface area contributed by atoms with Crippen molar-refractivity contribution in [3.05, 3.63) is 63.8 Å². The molecule has 3 rings (SSSR count). The summed E-state index contributed by atoms with van der Waals surface area (Å²) in [5, 5.41) is 3.81. The van der Waals surface area contributed by atoms with Gasteiger partial charge in [0, 0.05) is 27.5 Å². The highest BCUT2D eigenvalue weighted by molar-refractivity contribution is 9.10. The smallest absolute Gasteiger partial charge is 0.287 e. The van der Waals surface area contributed by atoms with Crippen LogP contribution in [0.15, 0.2) is 51.4 Å². The second-order valence-corrected chi connectivity index (χ2v) is 6.11. The molecule has 0 fully saturated rings. The summed E-state index contributed by atoms with van der Waals surface area (Å²) in [5.41, 5.74) is 2.45. The minimum atomic E-state index is -0.235. The van der Waals surface area contributed by atoms with Crippen LogP contribution in [0.25, 0.3) is 11.0 Å². The Kier molecular flexibility index (Phi) is 4.39. The van der Waals surface area contributed by atoms with Gasteiger partial charge in [0.1, 0.15) is 11.3 Å². The van der Waals surface area contributed by atoms with E-state index in [-0.39, 0.29) is 5.91 Å².